The van der Waals surface area contributed by atoms with Gasteiger partial charge in [-0.25, -0.2) is 18.1 Å². The Morgan fingerprint density at radius 1 is 1.16 bits per heavy atom. The van der Waals surface area contributed by atoms with E-state index in [1.807, 2.05) is 42.6 Å². The number of hydrogen-bond acceptors (Lipinski definition) is 4. The third kappa shape index (κ3) is 4.92. The van der Waals surface area contributed by atoms with Crippen LogP contribution in [-0.4, -0.2) is 48.3 Å². The monoisotopic (exact) mass is 452 g/mol. The third-order valence-corrected chi connectivity index (χ3v) is 7.75. The molecular formula is C24H28N4O3S. The standard InChI is InChI=1S/C24H28N4O3S/c1-2-32(30,31)28-14-8-11-20(18-28)24(29)26-25-15-21-17-27(16-19-9-4-3-5-10-19)23-13-7-6-12-22(21)23/h3-7,9-10,12-13,15,17,20H,2,8,11,14,16,18H2,1H3,(H,26,29)/b25-15+. The number of nitrogens with zero attached hydrogens (tertiary/aromatic N) is 3. The van der Waals surface area contributed by atoms with E-state index >= 15 is 0 Å². The van der Waals surface area contributed by atoms with Crippen LogP contribution in [0, 0.1) is 5.92 Å². The lowest BCUT2D eigenvalue weighted by Crippen LogP contribution is -2.45. The van der Waals surface area contributed by atoms with Gasteiger partial charge in [0.2, 0.25) is 15.9 Å². The van der Waals surface area contributed by atoms with E-state index in [2.05, 4.69) is 33.3 Å². The van der Waals surface area contributed by atoms with Crippen molar-refractivity contribution < 1.29 is 13.2 Å². The maximum absolute atomic E-state index is 12.6. The molecule has 1 amide bonds. The first kappa shape index (κ1) is 22.2. The fourth-order valence-corrected chi connectivity index (χ4v) is 5.32. The molecule has 1 atom stereocenters. The number of aromatic nitrogens is 1. The van der Waals surface area contributed by atoms with Crippen molar-refractivity contribution in [3.8, 4) is 0 Å². The smallest absolute Gasteiger partial charge is 0.244 e. The van der Waals surface area contributed by atoms with Gasteiger partial charge in [0.25, 0.3) is 0 Å². The van der Waals surface area contributed by atoms with E-state index in [0.29, 0.717) is 19.4 Å². The number of hydrogen-bond donors (Lipinski definition) is 1. The van der Waals surface area contributed by atoms with Gasteiger partial charge in [-0.2, -0.15) is 5.10 Å². The summed E-state index contributed by atoms with van der Waals surface area (Å²) in [5.74, 6) is -0.584. The predicted molar refractivity (Wildman–Crippen MR) is 127 cm³/mol. The average molecular weight is 453 g/mol. The summed E-state index contributed by atoms with van der Waals surface area (Å²) in [6.45, 7) is 3.06. The molecule has 1 aliphatic heterocycles. The summed E-state index contributed by atoms with van der Waals surface area (Å²) in [6, 6.07) is 18.3. The van der Waals surface area contributed by atoms with Crippen molar-refractivity contribution in [1.29, 1.82) is 0 Å². The van der Waals surface area contributed by atoms with Crippen molar-refractivity contribution in [1.82, 2.24) is 14.3 Å². The minimum absolute atomic E-state index is 0.0482. The highest BCUT2D eigenvalue weighted by Crippen LogP contribution is 2.22. The zero-order valence-electron chi connectivity index (χ0n) is 18.1. The van der Waals surface area contributed by atoms with Crippen LogP contribution in [0.5, 0.6) is 0 Å². The number of piperidine rings is 1. The topological polar surface area (TPSA) is 83.8 Å². The molecule has 4 rings (SSSR count). The number of carbonyl (C=O) groups excluding carboxylic acids is 1. The second-order valence-electron chi connectivity index (χ2n) is 8.05. The molecule has 8 heteroatoms. The Hall–Kier alpha value is -2.97. The average Bonchev–Trinajstić information content (AvgIpc) is 3.17. The fraction of sp³-hybridized carbons (Fsp3) is 0.333. The van der Waals surface area contributed by atoms with Crippen molar-refractivity contribution in [3.63, 3.8) is 0 Å². The van der Waals surface area contributed by atoms with Crippen molar-refractivity contribution in [2.24, 2.45) is 11.0 Å². The van der Waals surface area contributed by atoms with Crippen molar-refractivity contribution in [2.75, 3.05) is 18.8 Å². The molecule has 32 heavy (non-hydrogen) atoms. The fourth-order valence-electron chi connectivity index (χ4n) is 4.14. The van der Waals surface area contributed by atoms with E-state index in [1.165, 1.54) is 9.87 Å². The molecule has 1 fully saturated rings. The molecule has 1 aliphatic rings. The zero-order chi connectivity index (χ0) is 22.6. The van der Waals surface area contributed by atoms with Crippen LogP contribution in [0.4, 0.5) is 0 Å². The minimum Gasteiger partial charge on any atom is -0.342 e. The van der Waals surface area contributed by atoms with Gasteiger partial charge in [0.05, 0.1) is 17.9 Å². The number of sulfonamides is 1. The Morgan fingerprint density at radius 2 is 1.91 bits per heavy atom. The van der Waals surface area contributed by atoms with Crippen LogP contribution in [0.1, 0.15) is 30.9 Å². The lowest BCUT2D eigenvalue weighted by atomic mass is 9.99. The van der Waals surface area contributed by atoms with E-state index < -0.39 is 10.0 Å². The largest absolute Gasteiger partial charge is 0.342 e. The number of hydrazone groups is 1. The van der Waals surface area contributed by atoms with Crippen LogP contribution in [-0.2, 0) is 21.4 Å². The van der Waals surface area contributed by atoms with Gasteiger partial charge in [0.15, 0.2) is 0 Å². The SMILES string of the molecule is CCS(=O)(=O)N1CCCC(C(=O)N/N=C/c2cn(Cc3ccccc3)c3ccccc23)C1. The van der Waals surface area contributed by atoms with Gasteiger partial charge in [-0.3, -0.25) is 4.79 Å². The van der Waals surface area contributed by atoms with Gasteiger partial charge in [0, 0.05) is 42.3 Å². The maximum Gasteiger partial charge on any atom is 0.244 e. The number of para-hydroxylation sites is 1. The van der Waals surface area contributed by atoms with E-state index in [1.54, 1.807) is 13.1 Å². The van der Waals surface area contributed by atoms with Crippen LogP contribution in [0.2, 0.25) is 0 Å². The lowest BCUT2D eigenvalue weighted by molar-refractivity contribution is -0.126. The molecule has 0 radical (unpaired) electrons. The van der Waals surface area contributed by atoms with Crippen LogP contribution in [0.25, 0.3) is 10.9 Å². The molecule has 2 heterocycles. The number of amides is 1. The Bertz CT molecular complexity index is 1220. The molecule has 168 valence electrons. The summed E-state index contributed by atoms with van der Waals surface area (Å²) in [5, 5.41) is 5.24. The van der Waals surface area contributed by atoms with Gasteiger partial charge < -0.3 is 4.57 Å². The highest BCUT2D eigenvalue weighted by molar-refractivity contribution is 7.89. The molecule has 1 saturated heterocycles. The Labute approximate surface area is 188 Å². The highest BCUT2D eigenvalue weighted by atomic mass is 32.2. The predicted octanol–water partition coefficient (Wildman–Crippen LogP) is 3.20. The number of fused-ring (bicyclic) bond motifs is 1. The summed E-state index contributed by atoms with van der Waals surface area (Å²) in [7, 11) is -3.29. The quantitative estimate of drug-likeness (QED) is 0.441. The van der Waals surface area contributed by atoms with Crippen LogP contribution in [0.15, 0.2) is 65.9 Å². The Balaban J connectivity index is 1.46. The molecule has 1 unspecified atom stereocenters. The second-order valence-corrected chi connectivity index (χ2v) is 10.3. The van der Waals surface area contributed by atoms with E-state index in [4.69, 9.17) is 0 Å². The normalized spacial score (nSPS) is 17.7. The summed E-state index contributed by atoms with van der Waals surface area (Å²) in [5.41, 5.74) is 5.82. The van der Waals surface area contributed by atoms with Gasteiger partial charge in [-0.15, -0.1) is 0 Å². The third-order valence-electron chi connectivity index (χ3n) is 5.91. The van der Waals surface area contributed by atoms with Crippen molar-refractivity contribution in [3.05, 3.63) is 71.9 Å². The molecule has 0 aliphatic carbocycles. The van der Waals surface area contributed by atoms with Gasteiger partial charge in [-0.1, -0.05) is 48.5 Å². The van der Waals surface area contributed by atoms with Crippen LogP contribution < -0.4 is 5.43 Å². The molecule has 2 aromatic carbocycles. The molecule has 1 aromatic heterocycles. The number of carbonyl (C=O) groups is 1. The highest BCUT2D eigenvalue weighted by Gasteiger charge is 2.31. The lowest BCUT2D eigenvalue weighted by Gasteiger charge is -2.30. The first-order valence-corrected chi connectivity index (χ1v) is 12.5. The van der Waals surface area contributed by atoms with Crippen LogP contribution in [0.3, 0.4) is 0 Å². The first-order valence-electron chi connectivity index (χ1n) is 10.9. The summed E-state index contributed by atoms with van der Waals surface area (Å²) in [6.07, 6.45) is 5.02. The van der Waals surface area contributed by atoms with E-state index in [-0.39, 0.29) is 24.1 Å². The maximum atomic E-state index is 12.6. The molecule has 7 nitrogen and oxygen atoms in total. The zero-order valence-corrected chi connectivity index (χ0v) is 19.0. The number of benzene rings is 2. The first-order chi connectivity index (χ1) is 15.5. The van der Waals surface area contributed by atoms with E-state index in [0.717, 1.165) is 23.0 Å². The summed E-state index contributed by atoms with van der Waals surface area (Å²) in [4.78, 5) is 12.6. The number of nitrogens with one attached hydrogen (secondary N) is 1. The molecular weight excluding hydrogens is 424 g/mol. The molecule has 3 aromatic rings. The van der Waals surface area contributed by atoms with Crippen LogP contribution >= 0.6 is 0 Å². The van der Waals surface area contributed by atoms with E-state index in [9.17, 15) is 13.2 Å². The Morgan fingerprint density at radius 3 is 2.69 bits per heavy atom. The van der Waals surface area contributed by atoms with Gasteiger partial charge in [-0.05, 0) is 31.4 Å². The molecule has 0 saturated carbocycles. The molecule has 0 spiro atoms. The molecule has 0 bridgehead atoms. The number of rotatable bonds is 7. The molecule has 1 N–H and O–H groups in total. The Kier molecular flexibility index (Phi) is 6.72. The summed E-state index contributed by atoms with van der Waals surface area (Å²) >= 11 is 0. The van der Waals surface area contributed by atoms with Gasteiger partial charge >= 0.3 is 0 Å². The van der Waals surface area contributed by atoms with Crippen molar-refractivity contribution >= 4 is 33.0 Å². The van der Waals surface area contributed by atoms with Gasteiger partial charge in [0.1, 0.15) is 0 Å². The summed E-state index contributed by atoms with van der Waals surface area (Å²) < 4.78 is 27.9. The minimum atomic E-state index is -3.29. The second kappa shape index (κ2) is 9.67. The van der Waals surface area contributed by atoms with Crippen molar-refractivity contribution in [2.45, 2.75) is 26.3 Å².